The monoisotopic (exact) mass is 299 g/mol. The number of rotatable bonds is 8. The Morgan fingerprint density at radius 2 is 1.77 bits per heavy atom. The second kappa shape index (κ2) is 8.44. The van der Waals surface area contributed by atoms with Crippen molar-refractivity contribution in [3.8, 4) is 11.5 Å². The van der Waals surface area contributed by atoms with E-state index in [1.807, 2.05) is 30.3 Å². The minimum atomic E-state index is 0.186. The van der Waals surface area contributed by atoms with Crippen LogP contribution in [0.4, 0.5) is 0 Å². The van der Waals surface area contributed by atoms with Crippen molar-refractivity contribution in [1.82, 2.24) is 0 Å². The molecule has 0 bridgehead atoms. The van der Waals surface area contributed by atoms with Gasteiger partial charge in [0.25, 0.3) is 0 Å². The molecule has 0 saturated carbocycles. The van der Waals surface area contributed by atoms with Gasteiger partial charge in [-0.3, -0.25) is 0 Å². The number of nitrogens with two attached hydrogens (primary N) is 1. The van der Waals surface area contributed by atoms with Gasteiger partial charge >= 0.3 is 0 Å². The third kappa shape index (κ3) is 4.78. The fourth-order valence-electron chi connectivity index (χ4n) is 2.33. The lowest BCUT2D eigenvalue weighted by molar-refractivity contribution is 0.297. The first-order chi connectivity index (χ1) is 10.7. The lowest BCUT2D eigenvalue weighted by Gasteiger charge is -2.14. The lowest BCUT2D eigenvalue weighted by atomic mass is 10.0. The summed E-state index contributed by atoms with van der Waals surface area (Å²) in [4.78, 5) is 0. The van der Waals surface area contributed by atoms with E-state index in [2.05, 4.69) is 25.1 Å². The molecule has 2 aromatic rings. The van der Waals surface area contributed by atoms with Crippen molar-refractivity contribution in [3.63, 3.8) is 0 Å². The highest BCUT2D eigenvalue weighted by Crippen LogP contribution is 2.28. The van der Waals surface area contributed by atoms with Crippen LogP contribution in [0, 0.1) is 0 Å². The first kappa shape index (κ1) is 16.4. The molecule has 0 fully saturated rings. The molecular weight excluding hydrogens is 274 g/mol. The zero-order valence-electron chi connectivity index (χ0n) is 13.4. The number of methoxy groups -OCH3 is 1. The van der Waals surface area contributed by atoms with Crippen LogP contribution in [0.1, 0.15) is 24.5 Å². The van der Waals surface area contributed by atoms with E-state index in [0.717, 1.165) is 30.8 Å². The normalized spacial score (nSPS) is 12.0. The van der Waals surface area contributed by atoms with Gasteiger partial charge in [-0.25, -0.2) is 0 Å². The maximum Gasteiger partial charge on any atom is 0.161 e. The number of hydrogen-bond acceptors (Lipinski definition) is 3. The molecule has 0 aliphatic carbocycles. The maximum atomic E-state index is 6.03. The summed E-state index contributed by atoms with van der Waals surface area (Å²) in [5, 5.41) is 0. The zero-order valence-corrected chi connectivity index (χ0v) is 13.4. The Hall–Kier alpha value is -2.00. The highest BCUT2D eigenvalue weighted by Gasteiger charge is 2.08. The van der Waals surface area contributed by atoms with E-state index < -0.39 is 0 Å². The number of benzene rings is 2. The van der Waals surface area contributed by atoms with Crippen LogP contribution in [0.15, 0.2) is 48.5 Å². The van der Waals surface area contributed by atoms with Crippen molar-refractivity contribution in [1.29, 1.82) is 0 Å². The topological polar surface area (TPSA) is 44.5 Å². The first-order valence-corrected chi connectivity index (χ1v) is 7.82. The van der Waals surface area contributed by atoms with Gasteiger partial charge in [-0.1, -0.05) is 43.3 Å². The molecule has 2 aromatic carbocycles. The average Bonchev–Trinajstić information content (AvgIpc) is 2.56. The van der Waals surface area contributed by atoms with Gasteiger partial charge in [0.2, 0.25) is 0 Å². The molecular formula is C19H25NO2. The summed E-state index contributed by atoms with van der Waals surface area (Å²) in [6.07, 6.45) is 2.70. The van der Waals surface area contributed by atoms with E-state index in [1.54, 1.807) is 7.11 Å². The SMILES string of the molecule is CCC(N)Cc1ccc(OC)c(OCCc2ccccc2)c1. The summed E-state index contributed by atoms with van der Waals surface area (Å²) in [7, 11) is 1.66. The van der Waals surface area contributed by atoms with Crippen LogP contribution in [0.5, 0.6) is 11.5 Å². The molecule has 118 valence electrons. The minimum Gasteiger partial charge on any atom is -0.493 e. The largest absolute Gasteiger partial charge is 0.493 e. The molecule has 2 rings (SSSR count). The third-order valence-corrected chi connectivity index (χ3v) is 3.74. The van der Waals surface area contributed by atoms with Gasteiger partial charge in [0.15, 0.2) is 11.5 Å². The summed E-state index contributed by atoms with van der Waals surface area (Å²) in [6, 6.07) is 16.6. The molecule has 0 spiro atoms. The Labute approximate surface area is 133 Å². The summed E-state index contributed by atoms with van der Waals surface area (Å²) in [6.45, 7) is 2.73. The highest BCUT2D eigenvalue weighted by molar-refractivity contribution is 5.43. The molecule has 2 N–H and O–H groups in total. The van der Waals surface area contributed by atoms with Crippen LogP contribution >= 0.6 is 0 Å². The van der Waals surface area contributed by atoms with Crippen LogP contribution < -0.4 is 15.2 Å². The fourth-order valence-corrected chi connectivity index (χ4v) is 2.33. The van der Waals surface area contributed by atoms with Gasteiger partial charge in [-0.15, -0.1) is 0 Å². The number of ether oxygens (including phenoxy) is 2. The molecule has 0 aliphatic rings. The van der Waals surface area contributed by atoms with Gasteiger partial charge in [-0.05, 0) is 36.1 Å². The predicted molar refractivity (Wildman–Crippen MR) is 90.6 cm³/mol. The Morgan fingerprint density at radius 1 is 1.00 bits per heavy atom. The van der Waals surface area contributed by atoms with Gasteiger partial charge in [0.1, 0.15) is 0 Å². The Morgan fingerprint density at radius 3 is 2.45 bits per heavy atom. The first-order valence-electron chi connectivity index (χ1n) is 7.82. The molecule has 0 radical (unpaired) electrons. The van der Waals surface area contributed by atoms with Crippen molar-refractivity contribution in [2.45, 2.75) is 32.2 Å². The molecule has 0 aromatic heterocycles. The fraction of sp³-hybridized carbons (Fsp3) is 0.368. The van der Waals surface area contributed by atoms with Gasteiger partial charge in [0, 0.05) is 12.5 Å². The highest BCUT2D eigenvalue weighted by atomic mass is 16.5. The smallest absolute Gasteiger partial charge is 0.161 e. The van der Waals surface area contributed by atoms with Crippen LogP contribution in [-0.2, 0) is 12.8 Å². The van der Waals surface area contributed by atoms with Crippen molar-refractivity contribution < 1.29 is 9.47 Å². The predicted octanol–water partition coefficient (Wildman–Crippen LogP) is 3.60. The van der Waals surface area contributed by atoms with E-state index in [9.17, 15) is 0 Å². The summed E-state index contributed by atoms with van der Waals surface area (Å²) in [5.41, 5.74) is 8.48. The van der Waals surface area contributed by atoms with Gasteiger partial charge in [0.05, 0.1) is 13.7 Å². The van der Waals surface area contributed by atoms with Crippen molar-refractivity contribution in [2.75, 3.05) is 13.7 Å². The Balaban J connectivity index is 1.99. The van der Waals surface area contributed by atoms with E-state index in [1.165, 1.54) is 11.1 Å². The minimum absolute atomic E-state index is 0.186. The standard InChI is InChI=1S/C19H25NO2/c1-3-17(20)13-16-9-10-18(21-2)19(14-16)22-12-11-15-7-5-4-6-8-15/h4-10,14,17H,3,11-13,20H2,1-2H3. The van der Waals surface area contributed by atoms with Gasteiger partial charge < -0.3 is 15.2 Å². The maximum absolute atomic E-state index is 6.03. The van der Waals surface area contributed by atoms with Crippen LogP contribution in [0.2, 0.25) is 0 Å². The Kier molecular flexibility index (Phi) is 6.28. The average molecular weight is 299 g/mol. The zero-order chi connectivity index (χ0) is 15.8. The molecule has 0 saturated heterocycles. The van der Waals surface area contributed by atoms with E-state index >= 15 is 0 Å². The summed E-state index contributed by atoms with van der Waals surface area (Å²) in [5.74, 6) is 1.56. The van der Waals surface area contributed by atoms with Crippen molar-refractivity contribution in [2.24, 2.45) is 5.73 Å². The summed E-state index contributed by atoms with van der Waals surface area (Å²) < 4.78 is 11.3. The second-order valence-electron chi connectivity index (χ2n) is 5.44. The van der Waals surface area contributed by atoms with Crippen molar-refractivity contribution >= 4 is 0 Å². The van der Waals surface area contributed by atoms with E-state index in [-0.39, 0.29) is 6.04 Å². The third-order valence-electron chi connectivity index (χ3n) is 3.74. The molecule has 0 amide bonds. The van der Waals surface area contributed by atoms with Crippen LogP contribution in [0.25, 0.3) is 0 Å². The molecule has 0 aliphatic heterocycles. The molecule has 0 heterocycles. The Bertz CT molecular complexity index is 569. The van der Waals surface area contributed by atoms with Crippen LogP contribution in [-0.4, -0.2) is 19.8 Å². The van der Waals surface area contributed by atoms with Crippen molar-refractivity contribution in [3.05, 3.63) is 59.7 Å². The van der Waals surface area contributed by atoms with E-state index in [4.69, 9.17) is 15.2 Å². The molecule has 3 nitrogen and oxygen atoms in total. The van der Waals surface area contributed by atoms with Crippen LogP contribution in [0.3, 0.4) is 0 Å². The number of hydrogen-bond donors (Lipinski definition) is 1. The molecule has 22 heavy (non-hydrogen) atoms. The van der Waals surface area contributed by atoms with E-state index in [0.29, 0.717) is 6.61 Å². The van der Waals surface area contributed by atoms with Gasteiger partial charge in [-0.2, -0.15) is 0 Å². The summed E-state index contributed by atoms with van der Waals surface area (Å²) >= 11 is 0. The molecule has 3 heteroatoms. The lowest BCUT2D eigenvalue weighted by Crippen LogP contribution is -2.21. The molecule has 1 atom stereocenters. The quantitative estimate of drug-likeness (QED) is 0.810. The molecule has 1 unspecified atom stereocenters. The second-order valence-corrected chi connectivity index (χ2v) is 5.44.